The van der Waals surface area contributed by atoms with Crippen LogP contribution in [0.25, 0.3) is 16.8 Å². The summed E-state index contributed by atoms with van der Waals surface area (Å²) >= 11 is 0. The van der Waals surface area contributed by atoms with E-state index in [0.717, 1.165) is 29.1 Å². The van der Waals surface area contributed by atoms with Crippen molar-refractivity contribution in [3.05, 3.63) is 107 Å². The maximum atomic E-state index is 13.4. The van der Waals surface area contributed by atoms with E-state index in [1.165, 1.54) is 16.7 Å². The Labute approximate surface area is 199 Å². The number of fused-ring (bicyclic) bond motifs is 1. The molecule has 34 heavy (non-hydrogen) atoms. The van der Waals surface area contributed by atoms with E-state index >= 15 is 0 Å². The second kappa shape index (κ2) is 9.73. The Morgan fingerprint density at radius 1 is 1.09 bits per heavy atom. The largest absolute Gasteiger partial charge is 0.326 e. The molecule has 4 aromatic rings. The summed E-state index contributed by atoms with van der Waals surface area (Å²) in [6.45, 7) is 1.82. The minimum Gasteiger partial charge on any atom is -0.326 e. The molecule has 1 unspecified atom stereocenters. The van der Waals surface area contributed by atoms with Crippen molar-refractivity contribution in [2.24, 2.45) is 5.73 Å². The Morgan fingerprint density at radius 3 is 2.71 bits per heavy atom. The first-order chi connectivity index (χ1) is 16.7. The van der Waals surface area contributed by atoms with Crippen LogP contribution in [0.2, 0.25) is 0 Å². The summed E-state index contributed by atoms with van der Waals surface area (Å²) in [6, 6.07) is 24.8. The van der Waals surface area contributed by atoms with E-state index < -0.39 is 0 Å². The van der Waals surface area contributed by atoms with Crippen LogP contribution in [-0.2, 0) is 19.6 Å². The number of ketones is 1. The first-order valence-electron chi connectivity index (χ1n) is 11.6. The summed E-state index contributed by atoms with van der Waals surface area (Å²) in [5.41, 5.74) is 13.9. The minimum absolute atomic E-state index is 0.0628. The molecule has 1 aromatic heterocycles. The number of Topliss-reactive ketones (excluding diaryl/α,β-unsaturated/α-hetero) is 1. The summed E-state index contributed by atoms with van der Waals surface area (Å²) in [4.78, 5) is 17.9. The molecule has 1 aliphatic heterocycles. The zero-order valence-corrected chi connectivity index (χ0v) is 19.3. The van der Waals surface area contributed by atoms with Gasteiger partial charge in [-0.3, -0.25) is 9.36 Å². The van der Waals surface area contributed by atoms with Gasteiger partial charge in [-0.15, -0.1) is 0 Å². The van der Waals surface area contributed by atoms with Crippen LogP contribution in [0, 0.1) is 0 Å². The molecule has 0 amide bonds. The highest BCUT2D eigenvalue weighted by atomic mass is 16.1. The number of carbonyl (C=O) groups is 1. The SMILES string of the molecule is CNCc1ccccc1-c1ccc(C2CC(=O)c3c(ncn3-c3cccc(CN)c3)CN2)cc1. The van der Waals surface area contributed by atoms with Crippen LogP contribution >= 0.6 is 0 Å². The molecular weight excluding hydrogens is 422 g/mol. The molecule has 1 aliphatic rings. The van der Waals surface area contributed by atoms with Crippen molar-refractivity contribution in [3.8, 4) is 16.8 Å². The van der Waals surface area contributed by atoms with E-state index in [2.05, 4.69) is 64.1 Å². The lowest BCUT2D eigenvalue weighted by Crippen LogP contribution is -2.20. The number of imidazole rings is 1. The Kier molecular flexibility index (Phi) is 6.36. The first kappa shape index (κ1) is 22.2. The molecule has 6 nitrogen and oxygen atoms in total. The quantitative estimate of drug-likeness (QED) is 0.410. The highest BCUT2D eigenvalue weighted by Crippen LogP contribution is 2.29. The van der Waals surface area contributed by atoms with Gasteiger partial charge in [0.15, 0.2) is 5.78 Å². The number of hydrogen-bond acceptors (Lipinski definition) is 5. The first-order valence-corrected chi connectivity index (χ1v) is 11.6. The summed E-state index contributed by atoms with van der Waals surface area (Å²) in [7, 11) is 1.96. The molecule has 5 rings (SSSR count). The molecular formula is C28H29N5O. The van der Waals surface area contributed by atoms with Gasteiger partial charge in [0.2, 0.25) is 0 Å². The number of rotatable bonds is 6. The number of carbonyl (C=O) groups excluding carboxylic acids is 1. The third-order valence-electron chi connectivity index (χ3n) is 6.45. The molecule has 0 bridgehead atoms. The van der Waals surface area contributed by atoms with Crippen LogP contribution in [0.1, 0.15) is 45.3 Å². The van der Waals surface area contributed by atoms with Crippen molar-refractivity contribution in [2.75, 3.05) is 7.05 Å². The molecule has 2 heterocycles. The van der Waals surface area contributed by atoms with Crippen LogP contribution in [0.3, 0.4) is 0 Å². The zero-order valence-electron chi connectivity index (χ0n) is 19.3. The predicted octanol–water partition coefficient (Wildman–Crippen LogP) is 4.13. The van der Waals surface area contributed by atoms with E-state index in [0.29, 0.717) is 25.2 Å². The molecule has 3 aromatic carbocycles. The fourth-order valence-corrected chi connectivity index (χ4v) is 4.69. The number of hydrogen-bond donors (Lipinski definition) is 3. The number of nitrogens with one attached hydrogen (secondary N) is 2. The molecule has 4 N–H and O–H groups in total. The maximum Gasteiger partial charge on any atom is 0.183 e. The highest BCUT2D eigenvalue weighted by Gasteiger charge is 2.27. The van der Waals surface area contributed by atoms with Gasteiger partial charge in [-0.05, 0) is 47.0 Å². The van der Waals surface area contributed by atoms with Crippen molar-refractivity contribution in [1.29, 1.82) is 0 Å². The van der Waals surface area contributed by atoms with Gasteiger partial charge in [0, 0.05) is 37.8 Å². The highest BCUT2D eigenvalue weighted by molar-refractivity contribution is 5.97. The molecule has 0 spiro atoms. The van der Waals surface area contributed by atoms with E-state index in [1.807, 2.05) is 35.9 Å². The molecule has 172 valence electrons. The second-order valence-electron chi connectivity index (χ2n) is 8.65. The average molecular weight is 452 g/mol. The molecule has 0 saturated carbocycles. The van der Waals surface area contributed by atoms with Gasteiger partial charge in [0.1, 0.15) is 12.0 Å². The number of nitrogens with two attached hydrogens (primary N) is 1. The lowest BCUT2D eigenvalue weighted by molar-refractivity contribution is 0.0966. The lowest BCUT2D eigenvalue weighted by atomic mass is 9.95. The maximum absolute atomic E-state index is 13.4. The summed E-state index contributed by atoms with van der Waals surface area (Å²) in [6.07, 6.45) is 2.11. The molecule has 0 aliphatic carbocycles. The Balaban J connectivity index is 1.39. The number of benzene rings is 3. The predicted molar refractivity (Wildman–Crippen MR) is 135 cm³/mol. The summed E-state index contributed by atoms with van der Waals surface area (Å²) < 4.78 is 1.89. The third-order valence-corrected chi connectivity index (χ3v) is 6.45. The standard InChI is InChI=1S/C28H29N5O/c1-30-16-22-6-2-3-8-24(22)20-9-11-21(12-10-20)25-14-27(34)28-26(17-31-25)32-18-33(28)23-7-4-5-19(13-23)15-29/h2-13,18,25,30-31H,14-17,29H2,1H3. The molecule has 0 radical (unpaired) electrons. The van der Waals surface area contributed by atoms with Gasteiger partial charge in [-0.1, -0.05) is 60.7 Å². The molecule has 0 fully saturated rings. The van der Waals surface area contributed by atoms with Crippen LogP contribution in [0.4, 0.5) is 0 Å². The fourth-order valence-electron chi connectivity index (χ4n) is 4.69. The van der Waals surface area contributed by atoms with Gasteiger partial charge < -0.3 is 16.4 Å². The Bertz CT molecular complexity index is 1310. The Hall–Kier alpha value is -3.58. The monoisotopic (exact) mass is 451 g/mol. The Morgan fingerprint density at radius 2 is 1.91 bits per heavy atom. The van der Waals surface area contributed by atoms with Crippen molar-refractivity contribution in [3.63, 3.8) is 0 Å². The van der Waals surface area contributed by atoms with E-state index in [1.54, 1.807) is 6.33 Å². The van der Waals surface area contributed by atoms with Crippen LogP contribution < -0.4 is 16.4 Å². The van der Waals surface area contributed by atoms with Crippen molar-refractivity contribution in [2.45, 2.75) is 32.1 Å². The van der Waals surface area contributed by atoms with Gasteiger partial charge in [-0.2, -0.15) is 0 Å². The van der Waals surface area contributed by atoms with E-state index in [-0.39, 0.29) is 11.8 Å². The zero-order chi connectivity index (χ0) is 23.5. The van der Waals surface area contributed by atoms with Gasteiger partial charge in [0.25, 0.3) is 0 Å². The smallest absolute Gasteiger partial charge is 0.183 e. The van der Waals surface area contributed by atoms with Gasteiger partial charge >= 0.3 is 0 Å². The fraction of sp³-hybridized carbons (Fsp3) is 0.214. The lowest BCUT2D eigenvalue weighted by Gasteiger charge is -2.17. The topological polar surface area (TPSA) is 85.0 Å². The van der Waals surface area contributed by atoms with Crippen molar-refractivity contribution < 1.29 is 4.79 Å². The van der Waals surface area contributed by atoms with E-state index in [9.17, 15) is 4.79 Å². The van der Waals surface area contributed by atoms with Gasteiger partial charge in [0.05, 0.1) is 5.69 Å². The number of nitrogens with zero attached hydrogens (tertiary/aromatic N) is 2. The summed E-state index contributed by atoms with van der Waals surface area (Å²) in [5, 5.41) is 6.77. The van der Waals surface area contributed by atoms with Crippen LogP contribution in [0.15, 0.2) is 79.1 Å². The molecule has 1 atom stereocenters. The van der Waals surface area contributed by atoms with Crippen LogP contribution in [0.5, 0.6) is 0 Å². The van der Waals surface area contributed by atoms with Crippen LogP contribution in [-0.4, -0.2) is 22.4 Å². The minimum atomic E-state index is -0.0628. The number of aromatic nitrogens is 2. The third kappa shape index (κ3) is 4.31. The summed E-state index contributed by atoms with van der Waals surface area (Å²) in [5.74, 6) is 0.0871. The van der Waals surface area contributed by atoms with Gasteiger partial charge in [-0.25, -0.2) is 4.98 Å². The van der Waals surface area contributed by atoms with Crippen molar-refractivity contribution in [1.82, 2.24) is 20.2 Å². The average Bonchev–Trinajstić information content (AvgIpc) is 3.24. The second-order valence-corrected chi connectivity index (χ2v) is 8.65. The molecule has 0 saturated heterocycles. The normalized spacial score (nSPS) is 15.7. The van der Waals surface area contributed by atoms with E-state index in [4.69, 9.17) is 5.73 Å². The molecule has 6 heteroatoms. The van der Waals surface area contributed by atoms with Crippen molar-refractivity contribution >= 4 is 5.78 Å².